The summed E-state index contributed by atoms with van der Waals surface area (Å²) in [4.78, 5) is 11.3. The van der Waals surface area contributed by atoms with Crippen LogP contribution in [0.5, 0.6) is 0 Å². The topological polar surface area (TPSA) is 91.9 Å². The van der Waals surface area contributed by atoms with Gasteiger partial charge in [-0.3, -0.25) is 4.79 Å². The van der Waals surface area contributed by atoms with Crippen molar-refractivity contribution in [3.8, 4) is 0 Å². The molecule has 1 aromatic heterocycles. The van der Waals surface area contributed by atoms with Gasteiger partial charge in [-0.2, -0.15) is 5.10 Å². The minimum atomic E-state index is -2.86. The first kappa shape index (κ1) is 12.6. The Hall–Kier alpha value is -0.890. The first-order valence-corrected chi connectivity index (χ1v) is 7.79. The van der Waals surface area contributed by atoms with Gasteiger partial charge in [0.25, 0.3) is 5.56 Å². The van der Waals surface area contributed by atoms with Crippen molar-refractivity contribution < 1.29 is 8.42 Å². The van der Waals surface area contributed by atoms with Crippen LogP contribution in [0.25, 0.3) is 0 Å². The van der Waals surface area contributed by atoms with E-state index in [4.69, 9.17) is 0 Å². The Balaban J connectivity index is 2.08. The number of nitrogens with one attached hydrogen (secondary N) is 2. The quantitative estimate of drug-likeness (QED) is 0.828. The van der Waals surface area contributed by atoms with Crippen LogP contribution in [0.2, 0.25) is 0 Å². The van der Waals surface area contributed by atoms with Gasteiger partial charge in [0.15, 0.2) is 0 Å². The van der Waals surface area contributed by atoms with Crippen LogP contribution in [-0.2, 0) is 9.84 Å². The van der Waals surface area contributed by atoms with E-state index < -0.39 is 9.84 Å². The molecule has 0 aromatic carbocycles. The number of hydrogen-bond acceptors (Lipinski definition) is 5. The van der Waals surface area contributed by atoms with E-state index in [0.29, 0.717) is 23.0 Å². The zero-order valence-corrected chi connectivity index (χ0v) is 11.3. The Bertz CT molecular complexity index is 555. The summed E-state index contributed by atoms with van der Waals surface area (Å²) in [5.74, 6) is 0.387. The fourth-order valence-electron chi connectivity index (χ4n) is 1.74. The van der Waals surface area contributed by atoms with Gasteiger partial charge in [0.1, 0.15) is 14.3 Å². The Morgan fingerprint density at radius 2 is 2.06 bits per heavy atom. The van der Waals surface area contributed by atoms with Crippen molar-refractivity contribution in [2.75, 3.05) is 16.8 Å². The monoisotopic (exact) mass is 321 g/mol. The molecule has 2 heterocycles. The normalized spacial score (nSPS) is 20.1. The van der Waals surface area contributed by atoms with Gasteiger partial charge in [0.2, 0.25) is 0 Å². The molecule has 17 heavy (non-hydrogen) atoms. The van der Waals surface area contributed by atoms with Crippen LogP contribution in [0, 0.1) is 0 Å². The number of halogens is 1. The summed E-state index contributed by atoms with van der Waals surface area (Å²) in [6, 6.07) is 0.0680. The van der Waals surface area contributed by atoms with Crippen LogP contribution < -0.4 is 10.9 Å². The molecule has 1 fully saturated rings. The van der Waals surface area contributed by atoms with Gasteiger partial charge in [0, 0.05) is 6.04 Å². The smallest absolute Gasteiger partial charge is 0.280 e. The Morgan fingerprint density at radius 3 is 2.71 bits per heavy atom. The van der Waals surface area contributed by atoms with Crippen molar-refractivity contribution in [2.45, 2.75) is 18.9 Å². The van der Waals surface area contributed by atoms with Crippen molar-refractivity contribution in [3.63, 3.8) is 0 Å². The van der Waals surface area contributed by atoms with Crippen LogP contribution in [-0.4, -0.2) is 36.2 Å². The molecule has 1 aliphatic heterocycles. The van der Waals surface area contributed by atoms with Gasteiger partial charge in [-0.05, 0) is 28.8 Å². The number of hydrogen-bond donors (Lipinski definition) is 2. The van der Waals surface area contributed by atoms with Crippen molar-refractivity contribution >= 4 is 31.5 Å². The SMILES string of the molecule is O=c1[nH]ncc(NC2CCS(=O)(=O)CC2)c1Br. The Labute approximate surface area is 107 Å². The Morgan fingerprint density at radius 1 is 1.41 bits per heavy atom. The number of sulfone groups is 1. The summed E-state index contributed by atoms with van der Waals surface area (Å²) in [5, 5.41) is 9.13. The predicted octanol–water partition coefficient (Wildman–Crippen LogP) is 0.521. The van der Waals surface area contributed by atoms with E-state index in [2.05, 4.69) is 31.4 Å². The first-order chi connectivity index (χ1) is 7.98. The van der Waals surface area contributed by atoms with Gasteiger partial charge >= 0.3 is 0 Å². The number of aromatic nitrogens is 2. The molecule has 0 unspecified atom stereocenters. The average molecular weight is 322 g/mol. The van der Waals surface area contributed by atoms with E-state index in [1.807, 2.05) is 0 Å². The van der Waals surface area contributed by atoms with Gasteiger partial charge in [-0.25, -0.2) is 13.5 Å². The molecule has 2 rings (SSSR count). The van der Waals surface area contributed by atoms with Crippen LogP contribution >= 0.6 is 15.9 Å². The van der Waals surface area contributed by atoms with Crippen molar-refractivity contribution in [3.05, 3.63) is 21.0 Å². The molecule has 0 atom stereocenters. The van der Waals surface area contributed by atoms with Crippen molar-refractivity contribution in [1.82, 2.24) is 10.2 Å². The molecule has 0 bridgehead atoms. The number of aromatic amines is 1. The maximum Gasteiger partial charge on any atom is 0.280 e. The standard InChI is InChI=1S/C9H12BrN3O3S/c10-8-7(5-11-13-9(8)14)12-6-1-3-17(15,16)4-2-6/h5-6H,1-4H2,(H2,12,13,14). The molecule has 8 heteroatoms. The molecule has 2 N–H and O–H groups in total. The number of anilines is 1. The molecule has 0 aliphatic carbocycles. The van der Waals surface area contributed by atoms with E-state index in [9.17, 15) is 13.2 Å². The molecular weight excluding hydrogens is 310 g/mol. The van der Waals surface area contributed by atoms with Gasteiger partial charge in [-0.1, -0.05) is 0 Å². The predicted molar refractivity (Wildman–Crippen MR) is 67.9 cm³/mol. The molecule has 0 radical (unpaired) electrons. The number of H-pyrrole nitrogens is 1. The van der Waals surface area contributed by atoms with E-state index in [0.717, 1.165) is 0 Å². The van der Waals surface area contributed by atoms with E-state index in [1.165, 1.54) is 6.20 Å². The minimum absolute atomic E-state index is 0.0680. The van der Waals surface area contributed by atoms with Crippen LogP contribution in [0.15, 0.2) is 15.5 Å². The lowest BCUT2D eigenvalue weighted by molar-refractivity contribution is 0.559. The van der Waals surface area contributed by atoms with Gasteiger partial charge in [0.05, 0.1) is 23.4 Å². The fourth-order valence-corrected chi connectivity index (χ4v) is 3.54. The molecule has 1 saturated heterocycles. The van der Waals surface area contributed by atoms with Crippen molar-refractivity contribution in [1.29, 1.82) is 0 Å². The van der Waals surface area contributed by atoms with Crippen molar-refractivity contribution in [2.24, 2.45) is 0 Å². The lowest BCUT2D eigenvalue weighted by atomic mass is 10.1. The minimum Gasteiger partial charge on any atom is -0.380 e. The summed E-state index contributed by atoms with van der Waals surface area (Å²) in [5.41, 5.74) is 0.288. The van der Waals surface area contributed by atoms with Crippen LogP contribution in [0.4, 0.5) is 5.69 Å². The van der Waals surface area contributed by atoms with Gasteiger partial charge < -0.3 is 5.32 Å². The molecular formula is C9H12BrN3O3S. The summed E-state index contributed by atoms with van der Waals surface area (Å²) < 4.78 is 22.9. The highest BCUT2D eigenvalue weighted by Gasteiger charge is 2.24. The van der Waals surface area contributed by atoms with Crippen LogP contribution in [0.3, 0.4) is 0 Å². The molecule has 6 nitrogen and oxygen atoms in total. The third-order valence-electron chi connectivity index (χ3n) is 2.71. The zero-order valence-electron chi connectivity index (χ0n) is 8.94. The summed E-state index contributed by atoms with van der Waals surface area (Å²) in [6.45, 7) is 0. The van der Waals surface area contributed by atoms with E-state index in [-0.39, 0.29) is 23.1 Å². The highest BCUT2D eigenvalue weighted by atomic mass is 79.9. The molecule has 0 spiro atoms. The number of rotatable bonds is 2. The second-order valence-corrected chi connectivity index (χ2v) is 7.09. The van der Waals surface area contributed by atoms with E-state index >= 15 is 0 Å². The largest absolute Gasteiger partial charge is 0.380 e. The lowest BCUT2D eigenvalue weighted by Crippen LogP contribution is -2.32. The highest BCUT2D eigenvalue weighted by molar-refractivity contribution is 9.10. The average Bonchev–Trinajstić information content (AvgIpc) is 2.27. The van der Waals surface area contributed by atoms with E-state index in [1.54, 1.807) is 0 Å². The maximum absolute atomic E-state index is 11.3. The molecule has 1 aliphatic rings. The molecule has 1 aromatic rings. The van der Waals surface area contributed by atoms with Crippen LogP contribution in [0.1, 0.15) is 12.8 Å². The fraction of sp³-hybridized carbons (Fsp3) is 0.556. The summed E-state index contributed by atoms with van der Waals surface area (Å²) in [7, 11) is -2.86. The zero-order chi connectivity index (χ0) is 12.5. The Kier molecular flexibility index (Phi) is 3.53. The first-order valence-electron chi connectivity index (χ1n) is 5.18. The second kappa shape index (κ2) is 4.77. The third-order valence-corrected chi connectivity index (χ3v) is 5.21. The second-order valence-electron chi connectivity index (χ2n) is 4.00. The van der Waals surface area contributed by atoms with Gasteiger partial charge in [-0.15, -0.1) is 0 Å². The molecule has 0 saturated carbocycles. The highest BCUT2D eigenvalue weighted by Crippen LogP contribution is 2.21. The number of nitrogens with zero attached hydrogens (tertiary/aromatic N) is 1. The molecule has 0 amide bonds. The molecule has 94 valence electrons. The maximum atomic E-state index is 11.3. The lowest BCUT2D eigenvalue weighted by Gasteiger charge is -2.24. The summed E-state index contributed by atoms with van der Waals surface area (Å²) in [6.07, 6.45) is 2.62. The summed E-state index contributed by atoms with van der Waals surface area (Å²) >= 11 is 3.16. The third kappa shape index (κ3) is 3.06.